The number of aliphatic hydroxyl groups excluding tert-OH is 1. The van der Waals surface area contributed by atoms with E-state index >= 15 is 0 Å². The number of nitrogens with zero attached hydrogens (tertiary/aromatic N) is 3. The van der Waals surface area contributed by atoms with Crippen LogP contribution in [-0.4, -0.2) is 102 Å². The average Bonchev–Trinajstić information content (AvgIpc) is 3.93. The van der Waals surface area contributed by atoms with Gasteiger partial charge in [-0.05, 0) is 73.1 Å². The van der Waals surface area contributed by atoms with Gasteiger partial charge in [0.15, 0.2) is 0 Å². The molecule has 0 radical (unpaired) electrons. The SMILES string of the molecule is Cc1ncsc1-c1ccc(C(C)NC(=O)[C@@H]2C[C@@H](O)CN2C(=O)[C@@H](NC(=O)COCCCCCC2(c3ccc(C(=O)NC4C(C)(C)C(Oc5ccc(C#N)c(Cl)c5)C4(C)C)cc3)COC2)C(C)(C)C)cc1. The van der Waals surface area contributed by atoms with Crippen LogP contribution in [0.25, 0.3) is 10.4 Å². The summed E-state index contributed by atoms with van der Waals surface area (Å²) in [7, 11) is 0. The first-order chi connectivity index (χ1) is 33.5. The van der Waals surface area contributed by atoms with E-state index in [-0.39, 0.29) is 65.8 Å². The fraction of sp³-hybridized carbons (Fsp3) is 0.527. The number of nitrogens with one attached hydrogen (secondary N) is 3. The van der Waals surface area contributed by atoms with Gasteiger partial charge in [0.25, 0.3) is 5.91 Å². The number of aryl methyl sites for hydroxylation is 1. The number of likely N-dealkylation sites (tertiary alicyclic amines) is 1. The molecule has 4 amide bonds. The molecule has 380 valence electrons. The highest BCUT2D eigenvalue weighted by atomic mass is 35.5. The van der Waals surface area contributed by atoms with Crippen molar-refractivity contribution < 1.29 is 38.5 Å². The topological polar surface area (TPSA) is 192 Å². The Morgan fingerprint density at radius 2 is 1.68 bits per heavy atom. The maximum atomic E-state index is 14.1. The van der Waals surface area contributed by atoms with Gasteiger partial charge in [-0.25, -0.2) is 4.98 Å². The number of β-amino-alcohol motifs (C(OH)–C–C–N with tert-alkyl or cyclic N) is 1. The molecule has 3 aromatic carbocycles. The maximum Gasteiger partial charge on any atom is 0.251 e. The van der Waals surface area contributed by atoms with Crippen LogP contribution >= 0.6 is 22.9 Å². The highest BCUT2D eigenvalue weighted by Crippen LogP contribution is 2.55. The predicted molar refractivity (Wildman–Crippen MR) is 274 cm³/mol. The van der Waals surface area contributed by atoms with Crippen molar-refractivity contribution in [2.24, 2.45) is 16.2 Å². The highest BCUT2D eigenvalue weighted by molar-refractivity contribution is 7.13. The van der Waals surface area contributed by atoms with Crippen LogP contribution < -0.4 is 20.7 Å². The number of rotatable bonds is 19. The number of aliphatic hydroxyl groups is 1. The lowest BCUT2D eigenvalue weighted by atomic mass is 9.49. The Hall–Kier alpha value is -5.37. The summed E-state index contributed by atoms with van der Waals surface area (Å²) in [6, 6.07) is 20.5. The number of benzene rings is 3. The van der Waals surface area contributed by atoms with Crippen LogP contribution in [0.15, 0.2) is 72.2 Å². The fourth-order valence-corrected chi connectivity index (χ4v) is 11.8. The molecule has 0 bridgehead atoms. The second-order valence-electron chi connectivity index (χ2n) is 21.9. The van der Waals surface area contributed by atoms with Gasteiger partial charge < -0.3 is 40.2 Å². The monoisotopic (exact) mass is 1010 g/mol. The molecule has 4 atom stereocenters. The van der Waals surface area contributed by atoms with Crippen molar-refractivity contribution in [2.45, 2.75) is 136 Å². The molecule has 1 aromatic heterocycles. The van der Waals surface area contributed by atoms with Gasteiger partial charge in [-0.3, -0.25) is 19.2 Å². The van der Waals surface area contributed by atoms with Crippen LogP contribution in [0.5, 0.6) is 5.75 Å². The van der Waals surface area contributed by atoms with Crippen molar-refractivity contribution in [3.8, 4) is 22.3 Å². The number of aromatic nitrogens is 1. The number of thiazole rings is 1. The van der Waals surface area contributed by atoms with E-state index in [1.165, 1.54) is 4.90 Å². The lowest BCUT2D eigenvalue weighted by Gasteiger charge is -2.63. The van der Waals surface area contributed by atoms with E-state index in [2.05, 4.69) is 54.7 Å². The van der Waals surface area contributed by atoms with Crippen LogP contribution in [0.1, 0.15) is 126 Å². The summed E-state index contributed by atoms with van der Waals surface area (Å²) < 4.78 is 17.9. The molecular weight excluding hydrogens is 940 g/mol. The smallest absolute Gasteiger partial charge is 0.251 e. The Morgan fingerprint density at radius 1 is 0.986 bits per heavy atom. The van der Waals surface area contributed by atoms with Gasteiger partial charge in [-0.2, -0.15) is 5.26 Å². The lowest BCUT2D eigenvalue weighted by Crippen LogP contribution is -2.74. The number of carbonyl (C=O) groups excluding carboxylic acids is 4. The highest BCUT2D eigenvalue weighted by Gasteiger charge is 2.64. The maximum absolute atomic E-state index is 14.1. The first kappa shape index (κ1) is 53.4. The molecule has 14 nitrogen and oxygen atoms in total. The van der Waals surface area contributed by atoms with Gasteiger partial charge >= 0.3 is 0 Å². The number of hydrogen-bond donors (Lipinski definition) is 4. The zero-order valence-electron chi connectivity index (χ0n) is 42.4. The van der Waals surface area contributed by atoms with Gasteiger partial charge in [0.2, 0.25) is 17.7 Å². The number of unbranched alkanes of at least 4 members (excludes halogenated alkanes) is 2. The quantitative estimate of drug-likeness (QED) is 0.0663. The molecule has 4 aromatic rings. The molecule has 0 spiro atoms. The molecule has 7 rings (SSSR count). The van der Waals surface area contributed by atoms with Gasteiger partial charge in [0, 0.05) is 53.5 Å². The molecule has 1 aliphatic carbocycles. The van der Waals surface area contributed by atoms with Gasteiger partial charge in [0.1, 0.15) is 36.6 Å². The fourth-order valence-electron chi connectivity index (χ4n) is 10.8. The normalized spacial score (nSPS) is 21.7. The van der Waals surface area contributed by atoms with Gasteiger partial charge in [0.05, 0.1) is 52.0 Å². The molecule has 3 fully saturated rings. The van der Waals surface area contributed by atoms with Gasteiger partial charge in [-0.15, -0.1) is 11.3 Å². The molecule has 3 heterocycles. The van der Waals surface area contributed by atoms with E-state index in [9.17, 15) is 29.5 Å². The number of ether oxygens (including phenoxy) is 3. The number of hydrogen-bond acceptors (Lipinski definition) is 11. The molecule has 2 saturated heterocycles. The Kier molecular flexibility index (Phi) is 16.4. The second-order valence-corrected chi connectivity index (χ2v) is 23.2. The summed E-state index contributed by atoms with van der Waals surface area (Å²) in [5.74, 6) is -0.800. The third-order valence-electron chi connectivity index (χ3n) is 14.7. The molecule has 3 aliphatic rings. The minimum atomic E-state index is -0.957. The summed E-state index contributed by atoms with van der Waals surface area (Å²) in [5, 5.41) is 29.4. The zero-order chi connectivity index (χ0) is 51.5. The van der Waals surface area contributed by atoms with Crippen LogP contribution in [0.4, 0.5) is 0 Å². The molecule has 71 heavy (non-hydrogen) atoms. The van der Waals surface area contributed by atoms with Crippen molar-refractivity contribution in [2.75, 3.05) is 33.0 Å². The Morgan fingerprint density at radius 3 is 2.27 bits per heavy atom. The van der Waals surface area contributed by atoms with Crippen LogP contribution in [0.3, 0.4) is 0 Å². The van der Waals surface area contributed by atoms with Crippen LogP contribution in [-0.2, 0) is 29.3 Å². The molecular formula is C55H69ClN6O8S. The summed E-state index contributed by atoms with van der Waals surface area (Å²) >= 11 is 7.84. The summed E-state index contributed by atoms with van der Waals surface area (Å²) in [6.07, 6.45) is 2.44. The van der Waals surface area contributed by atoms with E-state index in [1.54, 1.807) is 29.5 Å². The van der Waals surface area contributed by atoms with Crippen LogP contribution in [0, 0.1) is 34.5 Å². The van der Waals surface area contributed by atoms with Gasteiger partial charge in [-0.1, -0.05) is 109 Å². The van der Waals surface area contributed by atoms with E-state index in [0.29, 0.717) is 41.7 Å². The number of nitriles is 1. The summed E-state index contributed by atoms with van der Waals surface area (Å²) in [4.78, 5) is 61.5. The molecule has 16 heteroatoms. The molecule has 1 unspecified atom stereocenters. The van der Waals surface area contributed by atoms with Crippen molar-refractivity contribution in [1.82, 2.24) is 25.8 Å². The first-order valence-corrected chi connectivity index (χ1v) is 25.8. The minimum Gasteiger partial charge on any atom is -0.489 e. The van der Waals surface area contributed by atoms with Crippen molar-refractivity contribution in [3.63, 3.8) is 0 Å². The van der Waals surface area contributed by atoms with Crippen LogP contribution in [0.2, 0.25) is 5.02 Å². The Labute approximate surface area is 427 Å². The molecule has 4 N–H and O–H groups in total. The lowest BCUT2D eigenvalue weighted by molar-refractivity contribution is -0.164. The third-order valence-corrected chi connectivity index (χ3v) is 16.0. The summed E-state index contributed by atoms with van der Waals surface area (Å²) in [6.45, 7) is 19.1. The van der Waals surface area contributed by atoms with E-state index < -0.39 is 35.4 Å². The van der Waals surface area contributed by atoms with Crippen molar-refractivity contribution in [3.05, 3.63) is 105 Å². The number of halogens is 1. The predicted octanol–water partition coefficient (Wildman–Crippen LogP) is 8.47. The zero-order valence-corrected chi connectivity index (χ0v) is 44.0. The standard InChI is InChI=1S/C55H69ClN6O8S/c1-33(35-13-15-36(16-14-35)45-34(2)58-32-71-45)59-48(66)43-25-40(63)28-62(43)49(67)46(52(3,4)5)60-44(64)29-68-24-12-10-11-23-55(30-69-31-55)39-20-17-37(18-21-39)47(65)61-50-53(6,7)51(54(50,8)9)70-41-22-19-38(27-57)42(56)26-41/h13-22,26,32-33,40,43,46,50-51,63H,10-12,23-25,28-31H2,1-9H3,(H,59,66)(H,60,64)(H,61,65)/t33?,40-,43+,46-,50?,51?/m1/s1. The van der Waals surface area contributed by atoms with Crippen molar-refractivity contribution in [1.29, 1.82) is 5.26 Å². The Bertz CT molecular complexity index is 2580. The third kappa shape index (κ3) is 11.8. The number of carbonyl (C=O) groups is 4. The Balaban J connectivity index is 0.837. The largest absolute Gasteiger partial charge is 0.489 e. The van der Waals surface area contributed by atoms with Crippen molar-refractivity contribution >= 4 is 46.6 Å². The average molecular weight is 1010 g/mol. The van der Waals surface area contributed by atoms with E-state index in [4.69, 9.17) is 25.8 Å². The minimum absolute atomic E-state index is 0.0149. The second kappa shape index (κ2) is 21.8. The first-order valence-electron chi connectivity index (χ1n) is 24.6. The molecule has 2 aliphatic heterocycles. The number of amides is 4. The van der Waals surface area contributed by atoms with E-state index in [0.717, 1.165) is 52.9 Å². The summed E-state index contributed by atoms with van der Waals surface area (Å²) in [5.41, 5.74) is 5.21. The molecule has 1 saturated carbocycles. The van der Waals surface area contributed by atoms with E-state index in [1.807, 2.05) is 88.7 Å².